The van der Waals surface area contributed by atoms with Gasteiger partial charge >= 0.3 is 6.03 Å². The molecule has 5 nitrogen and oxygen atoms in total. The monoisotopic (exact) mass is 315 g/mol. The molecule has 1 aromatic rings. The Hall–Kier alpha value is -1.46. The van der Waals surface area contributed by atoms with E-state index in [0.29, 0.717) is 29.6 Å². The molecule has 1 aliphatic rings. The minimum Gasteiger partial charge on any atom is -0.352 e. The van der Waals surface area contributed by atoms with Gasteiger partial charge in [-0.25, -0.2) is 4.79 Å². The second kappa shape index (κ2) is 5.89. The van der Waals surface area contributed by atoms with Crippen LogP contribution < -0.4 is 11.1 Å². The van der Waals surface area contributed by atoms with Crippen LogP contribution in [0.2, 0.25) is 10.0 Å². The van der Waals surface area contributed by atoms with Gasteiger partial charge in [-0.2, -0.15) is 0 Å². The van der Waals surface area contributed by atoms with Crippen molar-refractivity contribution in [2.75, 3.05) is 6.54 Å². The Morgan fingerprint density at radius 2 is 2.10 bits per heavy atom. The van der Waals surface area contributed by atoms with Crippen molar-refractivity contribution in [2.45, 2.75) is 25.9 Å². The highest BCUT2D eigenvalue weighted by Gasteiger charge is 2.26. The van der Waals surface area contributed by atoms with E-state index in [0.717, 1.165) is 11.1 Å². The van der Waals surface area contributed by atoms with Crippen LogP contribution in [0.25, 0.3) is 0 Å². The maximum absolute atomic E-state index is 12.2. The Morgan fingerprint density at radius 1 is 1.40 bits per heavy atom. The molecule has 0 saturated carbocycles. The van der Waals surface area contributed by atoms with Crippen LogP contribution in [0, 0.1) is 0 Å². The fraction of sp³-hybridized carbons (Fsp3) is 0.385. The average molecular weight is 316 g/mol. The van der Waals surface area contributed by atoms with Crippen molar-refractivity contribution < 1.29 is 9.59 Å². The number of carbonyl (C=O) groups excluding carboxylic acids is 2. The quantitative estimate of drug-likeness (QED) is 0.875. The van der Waals surface area contributed by atoms with Crippen LogP contribution in [0.15, 0.2) is 12.1 Å². The molecule has 1 aliphatic heterocycles. The standard InChI is InChI=1S/C13H15Cl2N3O2/c1-7(17-13(16)20)12(19)18-3-2-8-4-9(14)5-11(15)10(8)6-18/h4-5,7H,2-3,6H2,1H3,(H3,16,17,20). The number of amides is 3. The van der Waals surface area contributed by atoms with E-state index in [1.54, 1.807) is 17.9 Å². The number of hydrogen-bond donors (Lipinski definition) is 2. The van der Waals surface area contributed by atoms with Crippen LogP contribution in [-0.4, -0.2) is 29.4 Å². The fourth-order valence-corrected chi connectivity index (χ4v) is 2.91. The Labute approximate surface area is 127 Å². The van der Waals surface area contributed by atoms with E-state index in [2.05, 4.69) is 5.32 Å². The largest absolute Gasteiger partial charge is 0.352 e. The summed E-state index contributed by atoms with van der Waals surface area (Å²) < 4.78 is 0. The molecule has 0 radical (unpaired) electrons. The lowest BCUT2D eigenvalue weighted by molar-refractivity contribution is -0.133. The lowest BCUT2D eigenvalue weighted by atomic mass is 9.99. The Balaban J connectivity index is 2.15. The highest BCUT2D eigenvalue weighted by molar-refractivity contribution is 6.35. The third-order valence-electron chi connectivity index (χ3n) is 3.29. The van der Waals surface area contributed by atoms with Gasteiger partial charge in [0.2, 0.25) is 5.91 Å². The summed E-state index contributed by atoms with van der Waals surface area (Å²) in [6, 6.07) is 2.17. The number of nitrogens with zero attached hydrogens (tertiary/aromatic N) is 1. The van der Waals surface area contributed by atoms with Crippen LogP contribution in [0.5, 0.6) is 0 Å². The van der Waals surface area contributed by atoms with Crippen LogP contribution >= 0.6 is 23.2 Å². The van der Waals surface area contributed by atoms with Gasteiger partial charge in [-0.05, 0) is 36.6 Å². The Morgan fingerprint density at radius 3 is 2.75 bits per heavy atom. The summed E-state index contributed by atoms with van der Waals surface area (Å²) in [5.74, 6) is -0.180. The number of halogens is 2. The molecule has 2 rings (SSSR count). The van der Waals surface area contributed by atoms with Gasteiger partial charge in [0.05, 0.1) is 0 Å². The molecule has 0 saturated heterocycles. The number of carbonyl (C=O) groups is 2. The molecule has 0 bridgehead atoms. The normalized spacial score (nSPS) is 15.4. The molecule has 0 aliphatic carbocycles. The number of nitrogens with two attached hydrogens (primary N) is 1. The molecular weight excluding hydrogens is 301 g/mol. The van der Waals surface area contributed by atoms with Gasteiger partial charge < -0.3 is 16.0 Å². The smallest absolute Gasteiger partial charge is 0.312 e. The Bertz CT molecular complexity index is 563. The minimum absolute atomic E-state index is 0.180. The third kappa shape index (κ3) is 3.16. The van der Waals surface area contributed by atoms with Crippen LogP contribution in [0.4, 0.5) is 4.79 Å². The summed E-state index contributed by atoms with van der Waals surface area (Å²) >= 11 is 12.1. The topological polar surface area (TPSA) is 75.4 Å². The first-order chi connectivity index (χ1) is 9.38. The van der Waals surface area contributed by atoms with Crippen molar-refractivity contribution >= 4 is 35.1 Å². The zero-order valence-electron chi connectivity index (χ0n) is 11.0. The van der Waals surface area contributed by atoms with Gasteiger partial charge in [-0.3, -0.25) is 4.79 Å². The van der Waals surface area contributed by atoms with Crippen molar-refractivity contribution in [3.05, 3.63) is 33.3 Å². The van der Waals surface area contributed by atoms with Crippen LogP contribution in [-0.2, 0) is 17.8 Å². The average Bonchev–Trinajstić information content (AvgIpc) is 2.36. The number of fused-ring (bicyclic) bond motifs is 1. The molecule has 1 heterocycles. The first-order valence-electron chi connectivity index (χ1n) is 6.20. The van der Waals surface area contributed by atoms with Crippen LogP contribution in [0.1, 0.15) is 18.1 Å². The predicted molar refractivity (Wildman–Crippen MR) is 77.8 cm³/mol. The zero-order valence-corrected chi connectivity index (χ0v) is 12.5. The molecule has 0 aromatic heterocycles. The summed E-state index contributed by atoms with van der Waals surface area (Å²) in [5.41, 5.74) is 6.98. The van der Waals surface area contributed by atoms with Gasteiger partial charge in [-0.1, -0.05) is 23.2 Å². The van der Waals surface area contributed by atoms with E-state index >= 15 is 0 Å². The van der Waals surface area contributed by atoms with Crippen LogP contribution in [0.3, 0.4) is 0 Å². The summed E-state index contributed by atoms with van der Waals surface area (Å²) in [6.07, 6.45) is 0.685. The first kappa shape index (κ1) is 14.9. The van der Waals surface area contributed by atoms with E-state index < -0.39 is 12.1 Å². The van der Waals surface area contributed by atoms with Gasteiger partial charge in [0.1, 0.15) is 6.04 Å². The molecule has 108 valence electrons. The number of hydrogen-bond acceptors (Lipinski definition) is 2. The van der Waals surface area contributed by atoms with Crippen molar-refractivity contribution in [2.24, 2.45) is 5.73 Å². The summed E-state index contributed by atoms with van der Waals surface area (Å²) in [6.45, 7) is 2.58. The predicted octanol–water partition coefficient (Wildman–Crippen LogP) is 1.93. The van der Waals surface area contributed by atoms with Crippen molar-refractivity contribution in [1.29, 1.82) is 0 Å². The van der Waals surface area contributed by atoms with Gasteiger partial charge in [0, 0.05) is 23.1 Å². The maximum Gasteiger partial charge on any atom is 0.312 e. The molecule has 3 N–H and O–H groups in total. The number of rotatable bonds is 2. The summed E-state index contributed by atoms with van der Waals surface area (Å²) in [5, 5.41) is 3.53. The van der Waals surface area contributed by atoms with E-state index in [1.165, 1.54) is 0 Å². The highest BCUT2D eigenvalue weighted by Crippen LogP contribution is 2.30. The van der Waals surface area contributed by atoms with Gasteiger partial charge in [-0.15, -0.1) is 0 Å². The molecule has 1 aromatic carbocycles. The summed E-state index contributed by atoms with van der Waals surface area (Å²) in [4.78, 5) is 24.7. The molecule has 1 atom stereocenters. The van der Waals surface area contributed by atoms with E-state index in [1.807, 2.05) is 6.07 Å². The summed E-state index contributed by atoms with van der Waals surface area (Å²) in [7, 11) is 0. The molecule has 1 unspecified atom stereocenters. The number of benzene rings is 1. The van der Waals surface area contributed by atoms with Gasteiger partial charge in [0.25, 0.3) is 0 Å². The van der Waals surface area contributed by atoms with E-state index in [-0.39, 0.29) is 5.91 Å². The Kier molecular flexibility index (Phi) is 4.40. The molecule has 0 spiro atoms. The van der Waals surface area contributed by atoms with E-state index in [9.17, 15) is 9.59 Å². The number of primary amides is 1. The molecule has 20 heavy (non-hydrogen) atoms. The van der Waals surface area contributed by atoms with Gasteiger partial charge in [0.15, 0.2) is 0 Å². The van der Waals surface area contributed by atoms with Crippen molar-refractivity contribution in [3.8, 4) is 0 Å². The minimum atomic E-state index is -0.715. The first-order valence-corrected chi connectivity index (χ1v) is 6.95. The van der Waals surface area contributed by atoms with Crippen molar-refractivity contribution in [1.82, 2.24) is 10.2 Å². The highest BCUT2D eigenvalue weighted by atomic mass is 35.5. The third-order valence-corrected chi connectivity index (χ3v) is 3.85. The fourth-order valence-electron chi connectivity index (χ4n) is 2.32. The molecule has 3 amide bonds. The zero-order chi connectivity index (χ0) is 14.9. The SMILES string of the molecule is CC(NC(N)=O)C(=O)N1CCc2cc(Cl)cc(Cl)c2C1. The van der Waals surface area contributed by atoms with Crippen molar-refractivity contribution in [3.63, 3.8) is 0 Å². The second-order valence-corrected chi connectivity index (χ2v) is 5.61. The molecular formula is C13H15Cl2N3O2. The lowest BCUT2D eigenvalue weighted by Crippen LogP contribution is -2.49. The second-order valence-electron chi connectivity index (χ2n) is 4.77. The molecule has 7 heteroatoms. The van der Waals surface area contributed by atoms with E-state index in [4.69, 9.17) is 28.9 Å². The lowest BCUT2D eigenvalue weighted by Gasteiger charge is -2.31. The molecule has 0 fully saturated rings. The number of nitrogens with one attached hydrogen (secondary N) is 1. The number of urea groups is 1. The maximum atomic E-state index is 12.2.